The fourth-order valence-corrected chi connectivity index (χ4v) is 8.19. The number of esters is 1. The van der Waals surface area contributed by atoms with Gasteiger partial charge >= 0.3 is 5.97 Å². The van der Waals surface area contributed by atoms with Gasteiger partial charge in [0.05, 0.1) is 19.2 Å². The van der Waals surface area contributed by atoms with Gasteiger partial charge in [-0.3, -0.25) is 14.5 Å². The van der Waals surface area contributed by atoms with Crippen molar-refractivity contribution in [3.8, 4) is 5.75 Å². The van der Waals surface area contributed by atoms with Gasteiger partial charge in [-0.1, -0.05) is 30.3 Å². The molecule has 0 spiro atoms. The van der Waals surface area contributed by atoms with Crippen LogP contribution in [-0.2, 0) is 27.5 Å². The lowest BCUT2D eigenvalue weighted by atomic mass is 9.78. The Morgan fingerprint density at radius 1 is 0.929 bits per heavy atom. The molecule has 1 N–H and O–H groups in total. The molecular weight excluding hydrogens is 530 g/mol. The van der Waals surface area contributed by atoms with Crippen molar-refractivity contribution < 1.29 is 23.9 Å². The average molecular weight is 574 g/mol. The largest absolute Gasteiger partial charge is 0.489 e. The number of ether oxygens (including phenoxy) is 2. The van der Waals surface area contributed by atoms with Crippen LogP contribution in [0.4, 0.5) is 0 Å². The van der Waals surface area contributed by atoms with Crippen LogP contribution in [-0.4, -0.2) is 67.4 Å². The zero-order valence-electron chi connectivity index (χ0n) is 24.7. The first-order chi connectivity index (χ1) is 20.4. The topological polar surface area (TPSA) is 88.2 Å². The molecular formula is C34H43N3O5. The number of amides is 2. The second-order valence-electron chi connectivity index (χ2n) is 12.9. The quantitative estimate of drug-likeness (QED) is 0.424. The van der Waals surface area contributed by atoms with Gasteiger partial charge in [0.2, 0.25) is 11.8 Å². The van der Waals surface area contributed by atoms with Gasteiger partial charge in [0, 0.05) is 38.2 Å². The molecule has 2 aromatic carbocycles. The fourth-order valence-electron chi connectivity index (χ4n) is 8.19. The van der Waals surface area contributed by atoms with Gasteiger partial charge < -0.3 is 19.7 Å². The van der Waals surface area contributed by atoms with Crippen molar-refractivity contribution in [2.24, 2.45) is 23.2 Å². The molecule has 5 aliphatic rings. The van der Waals surface area contributed by atoms with Crippen molar-refractivity contribution >= 4 is 17.8 Å². The number of carbonyl (C=O) groups is 3. The minimum absolute atomic E-state index is 0.0182. The zero-order chi connectivity index (χ0) is 29.1. The molecule has 4 bridgehead atoms. The number of nitrogens with one attached hydrogen (secondary N) is 1. The number of nitrogens with zero attached hydrogens (tertiary/aromatic N) is 2. The van der Waals surface area contributed by atoms with Crippen LogP contribution < -0.4 is 10.1 Å². The Morgan fingerprint density at radius 3 is 2.38 bits per heavy atom. The SMILES string of the molecule is COC(=O)c1ccc(COc2ccccc2CN2CCCCN(C(=O)CNC(=O)CC34CC5CC3CC5C4)CC2)cc1. The number of hydrogen-bond donors (Lipinski definition) is 1. The third kappa shape index (κ3) is 6.19. The standard InChI is InChI=1S/C34H43N3O5/c1-41-33(40)25-10-8-24(9-11-25)23-42-30-7-3-2-6-26(30)22-36-12-4-5-13-37(15-14-36)32(39)21-35-31(38)20-34-18-27-16-29(34)17-28(27)19-34/h2-3,6-11,27-29H,4-5,12-23H2,1H3,(H,35,38). The highest BCUT2D eigenvalue weighted by molar-refractivity contribution is 5.89. The van der Waals surface area contributed by atoms with E-state index in [0.717, 1.165) is 73.7 Å². The highest BCUT2D eigenvalue weighted by Crippen LogP contribution is 2.71. The Labute approximate surface area is 248 Å². The predicted octanol–water partition coefficient (Wildman–Crippen LogP) is 4.42. The maximum Gasteiger partial charge on any atom is 0.337 e. The van der Waals surface area contributed by atoms with Crippen molar-refractivity contribution in [2.45, 2.75) is 58.1 Å². The van der Waals surface area contributed by atoms with E-state index >= 15 is 0 Å². The van der Waals surface area contributed by atoms with E-state index in [1.165, 1.54) is 32.8 Å². The molecule has 4 saturated carbocycles. The molecule has 2 aromatic rings. The van der Waals surface area contributed by atoms with E-state index in [4.69, 9.17) is 9.47 Å². The minimum Gasteiger partial charge on any atom is -0.489 e. The maximum absolute atomic E-state index is 13.1. The van der Waals surface area contributed by atoms with Crippen molar-refractivity contribution in [1.82, 2.24) is 15.1 Å². The predicted molar refractivity (Wildman–Crippen MR) is 159 cm³/mol. The van der Waals surface area contributed by atoms with Crippen molar-refractivity contribution in [2.75, 3.05) is 39.8 Å². The first kappa shape index (κ1) is 28.7. The molecule has 8 heteroatoms. The van der Waals surface area contributed by atoms with E-state index in [9.17, 15) is 14.4 Å². The highest BCUT2D eigenvalue weighted by Gasteiger charge is 2.63. The molecule has 1 heterocycles. The summed E-state index contributed by atoms with van der Waals surface area (Å²) in [6.07, 6.45) is 7.66. The minimum atomic E-state index is -0.354. The molecule has 7 rings (SSSR count). The average Bonchev–Trinajstić information content (AvgIpc) is 3.72. The molecule has 0 radical (unpaired) electrons. The summed E-state index contributed by atoms with van der Waals surface area (Å²) in [5.41, 5.74) is 2.82. The van der Waals surface area contributed by atoms with Crippen LogP contribution in [0.5, 0.6) is 5.75 Å². The summed E-state index contributed by atoms with van der Waals surface area (Å²) in [5, 5.41) is 2.97. The number of methoxy groups -OCH3 is 1. The van der Waals surface area contributed by atoms with Crippen molar-refractivity contribution in [3.63, 3.8) is 0 Å². The lowest BCUT2D eigenvalue weighted by molar-refractivity contribution is -0.134. The van der Waals surface area contributed by atoms with Crippen molar-refractivity contribution in [3.05, 3.63) is 65.2 Å². The third-order valence-corrected chi connectivity index (χ3v) is 10.3. The summed E-state index contributed by atoms with van der Waals surface area (Å²) in [6.45, 7) is 4.37. The lowest BCUT2D eigenvalue weighted by Gasteiger charge is -2.32. The van der Waals surface area contributed by atoms with Crippen molar-refractivity contribution in [1.29, 1.82) is 0 Å². The van der Waals surface area contributed by atoms with E-state index < -0.39 is 0 Å². The van der Waals surface area contributed by atoms with Crippen LogP contribution in [0.3, 0.4) is 0 Å². The number of benzene rings is 2. The van der Waals surface area contributed by atoms with E-state index in [0.29, 0.717) is 25.1 Å². The number of carbonyl (C=O) groups excluding carboxylic acids is 3. The van der Waals surface area contributed by atoms with Gasteiger partial charge in [0.25, 0.3) is 0 Å². The van der Waals surface area contributed by atoms with Gasteiger partial charge in [-0.05, 0) is 92.0 Å². The Kier molecular flexibility index (Phi) is 8.52. The first-order valence-corrected chi connectivity index (χ1v) is 15.6. The summed E-state index contributed by atoms with van der Waals surface area (Å²) in [7, 11) is 1.37. The third-order valence-electron chi connectivity index (χ3n) is 10.3. The summed E-state index contributed by atoms with van der Waals surface area (Å²) in [4.78, 5) is 41.9. The molecule has 224 valence electrons. The van der Waals surface area contributed by atoms with Gasteiger partial charge in [0.15, 0.2) is 0 Å². The van der Waals surface area contributed by atoms with E-state index in [2.05, 4.69) is 16.3 Å². The second-order valence-corrected chi connectivity index (χ2v) is 12.9. The highest BCUT2D eigenvalue weighted by atomic mass is 16.5. The number of rotatable bonds is 10. The van der Waals surface area contributed by atoms with E-state index in [-0.39, 0.29) is 29.7 Å². The molecule has 1 saturated heterocycles. The van der Waals surface area contributed by atoms with Gasteiger partial charge in [-0.15, -0.1) is 0 Å². The Balaban J connectivity index is 0.978. The summed E-state index contributed by atoms with van der Waals surface area (Å²) in [5.74, 6) is 3.01. The second kappa shape index (κ2) is 12.5. The fraction of sp³-hybridized carbons (Fsp3) is 0.559. The van der Waals surface area contributed by atoms with Gasteiger partial charge in [0.1, 0.15) is 12.4 Å². The Morgan fingerprint density at radius 2 is 1.67 bits per heavy atom. The Hall–Kier alpha value is -3.39. The first-order valence-electron chi connectivity index (χ1n) is 15.6. The normalized spacial score (nSPS) is 26.6. The van der Waals surface area contributed by atoms with Crippen LogP contribution in [0.2, 0.25) is 0 Å². The number of hydrogen-bond acceptors (Lipinski definition) is 6. The molecule has 1 aliphatic heterocycles. The summed E-state index contributed by atoms with van der Waals surface area (Å²) in [6, 6.07) is 15.3. The maximum atomic E-state index is 13.1. The van der Waals surface area contributed by atoms with Gasteiger partial charge in [-0.25, -0.2) is 4.79 Å². The van der Waals surface area contributed by atoms with Crippen LogP contribution in [0, 0.1) is 23.2 Å². The molecule has 42 heavy (non-hydrogen) atoms. The molecule has 4 aliphatic carbocycles. The molecule has 2 unspecified atom stereocenters. The summed E-state index contributed by atoms with van der Waals surface area (Å²) < 4.78 is 11.0. The molecule has 2 amide bonds. The molecule has 2 atom stereocenters. The van der Waals surface area contributed by atoms with Gasteiger partial charge in [-0.2, -0.15) is 0 Å². The molecule has 8 nitrogen and oxygen atoms in total. The van der Waals surface area contributed by atoms with E-state index in [1.807, 2.05) is 35.2 Å². The molecule has 0 aromatic heterocycles. The monoisotopic (exact) mass is 573 g/mol. The van der Waals surface area contributed by atoms with Crippen LogP contribution in [0.1, 0.15) is 66.4 Å². The van der Waals surface area contributed by atoms with Crippen LogP contribution in [0.15, 0.2) is 48.5 Å². The zero-order valence-corrected chi connectivity index (χ0v) is 24.7. The smallest absolute Gasteiger partial charge is 0.337 e. The number of para-hydroxylation sites is 1. The summed E-state index contributed by atoms with van der Waals surface area (Å²) >= 11 is 0. The van der Waals surface area contributed by atoms with Crippen LogP contribution in [0.25, 0.3) is 0 Å². The lowest BCUT2D eigenvalue weighted by Crippen LogP contribution is -2.46. The Bertz CT molecular complexity index is 1280. The van der Waals surface area contributed by atoms with E-state index in [1.54, 1.807) is 12.1 Å². The molecule has 5 fully saturated rings. The van der Waals surface area contributed by atoms with Crippen LogP contribution >= 0.6 is 0 Å².